The molecule has 0 spiro atoms. The van der Waals surface area contributed by atoms with Gasteiger partial charge in [-0.15, -0.1) is 0 Å². The van der Waals surface area contributed by atoms with Crippen molar-refractivity contribution in [1.29, 1.82) is 0 Å². The van der Waals surface area contributed by atoms with Crippen LogP contribution in [0.5, 0.6) is 17.5 Å². The molecule has 11 nitrogen and oxygen atoms in total. The average Bonchev–Trinajstić information content (AvgIpc) is 3.41. The summed E-state index contributed by atoms with van der Waals surface area (Å²) in [4.78, 5) is 12.0. The standard InChI is InChI=1S/C18H14ClF2N5O6S/c1-29-15-14(32-17(20)21)16(30-2)25-18(24-15)26-5-11(33(22,27)28)8-3-4-9(19)12(13(8)26)10-6-31-7-23-10/h3-7,17H,1-2H3,(H2,22,27,28). The van der Waals surface area contributed by atoms with Crippen LogP contribution < -0.4 is 19.3 Å². The van der Waals surface area contributed by atoms with Crippen LogP contribution in [0.4, 0.5) is 8.78 Å². The monoisotopic (exact) mass is 501 g/mol. The summed E-state index contributed by atoms with van der Waals surface area (Å²) in [6, 6.07) is 2.91. The summed E-state index contributed by atoms with van der Waals surface area (Å²) >= 11 is 6.41. The van der Waals surface area contributed by atoms with Crippen molar-refractivity contribution in [3.63, 3.8) is 0 Å². The van der Waals surface area contributed by atoms with Gasteiger partial charge in [-0.2, -0.15) is 18.7 Å². The zero-order chi connectivity index (χ0) is 23.9. The quantitative estimate of drug-likeness (QED) is 0.404. The molecular formula is C18H14ClF2N5O6S. The summed E-state index contributed by atoms with van der Waals surface area (Å²) < 4.78 is 71.2. The number of fused-ring (bicyclic) bond motifs is 1. The van der Waals surface area contributed by atoms with Crippen LogP contribution in [0.1, 0.15) is 0 Å². The van der Waals surface area contributed by atoms with E-state index >= 15 is 0 Å². The zero-order valence-electron chi connectivity index (χ0n) is 16.8. The van der Waals surface area contributed by atoms with Gasteiger partial charge in [-0.3, -0.25) is 4.57 Å². The molecule has 0 saturated carbocycles. The molecule has 0 amide bonds. The van der Waals surface area contributed by atoms with Crippen molar-refractivity contribution in [2.45, 2.75) is 11.5 Å². The highest BCUT2D eigenvalue weighted by Crippen LogP contribution is 2.41. The van der Waals surface area contributed by atoms with E-state index in [0.29, 0.717) is 0 Å². The van der Waals surface area contributed by atoms with E-state index in [9.17, 15) is 17.2 Å². The predicted molar refractivity (Wildman–Crippen MR) is 110 cm³/mol. The number of nitrogens with zero attached hydrogens (tertiary/aromatic N) is 4. The number of halogens is 3. The fourth-order valence-electron chi connectivity index (χ4n) is 3.21. The summed E-state index contributed by atoms with van der Waals surface area (Å²) in [7, 11) is -1.88. The fourth-order valence-corrected chi connectivity index (χ4v) is 4.18. The first-order valence-electron chi connectivity index (χ1n) is 8.85. The van der Waals surface area contributed by atoms with Crippen molar-refractivity contribution in [2.75, 3.05) is 14.2 Å². The lowest BCUT2D eigenvalue weighted by Gasteiger charge is -2.14. The maximum absolute atomic E-state index is 12.9. The molecular weight excluding hydrogens is 488 g/mol. The molecule has 0 radical (unpaired) electrons. The van der Waals surface area contributed by atoms with Gasteiger partial charge in [-0.1, -0.05) is 11.6 Å². The van der Waals surface area contributed by atoms with Gasteiger partial charge < -0.3 is 18.6 Å². The van der Waals surface area contributed by atoms with Crippen LogP contribution in [0.15, 0.2) is 40.3 Å². The Hall–Kier alpha value is -3.49. The maximum Gasteiger partial charge on any atom is 0.387 e. The predicted octanol–water partition coefficient (Wildman–Crippen LogP) is 2.99. The maximum atomic E-state index is 12.9. The lowest BCUT2D eigenvalue weighted by atomic mass is 10.1. The minimum absolute atomic E-state index is 0.175. The van der Waals surface area contributed by atoms with Crippen molar-refractivity contribution < 1.29 is 35.8 Å². The summed E-state index contributed by atoms with van der Waals surface area (Å²) in [5, 5.41) is 5.79. The Labute approximate surface area is 189 Å². The number of nitrogens with two attached hydrogens (primary N) is 1. The molecule has 33 heavy (non-hydrogen) atoms. The first kappa shape index (κ1) is 22.7. The molecule has 0 aliphatic carbocycles. The molecule has 0 saturated heterocycles. The van der Waals surface area contributed by atoms with Gasteiger partial charge in [-0.05, 0) is 12.1 Å². The topological polar surface area (TPSA) is 145 Å². The number of alkyl halides is 2. The Balaban J connectivity index is 2.11. The minimum Gasteiger partial charge on any atom is -0.478 e. The van der Waals surface area contributed by atoms with Crippen LogP contribution in [0, 0.1) is 0 Å². The smallest absolute Gasteiger partial charge is 0.387 e. The lowest BCUT2D eigenvalue weighted by molar-refractivity contribution is -0.0534. The summed E-state index contributed by atoms with van der Waals surface area (Å²) in [5.41, 5.74) is 0.766. The molecule has 0 atom stereocenters. The molecule has 0 fully saturated rings. The van der Waals surface area contributed by atoms with E-state index in [1.807, 2.05) is 0 Å². The lowest BCUT2D eigenvalue weighted by Crippen LogP contribution is -2.12. The molecule has 15 heteroatoms. The molecule has 2 N–H and O–H groups in total. The minimum atomic E-state index is -4.22. The third-order valence-corrected chi connectivity index (χ3v) is 5.73. The molecule has 0 aliphatic rings. The van der Waals surface area contributed by atoms with Gasteiger partial charge in [0.05, 0.1) is 24.8 Å². The molecule has 174 valence electrons. The van der Waals surface area contributed by atoms with Crippen molar-refractivity contribution in [2.24, 2.45) is 5.14 Å². The molecule has 0 unspecified atom stereocenters. The number of sulfonamides is 1. The van der Waals surface area contributed by atoms with E-state index in [2.05, 4.69) is 19.7 Å². The number of aromatic nitrogens is 4. The number of benzene rings is 1. The van der Waals surface area contributed by atoms with Crippen molar-refractivity contribution in [1.82, 2.24) is 19.5 Å². The van der Waals surface area contributed by atoms with E-state index in [0.717, 1.165) is 12.6 Å². The third kappa shape index (κ3) is 4.03. The number of hydrogen-bond donors (Lipinski definition) is 1. The van der Waals surface area contributed by atoms with Gasteiger partial charge in [0.15, 0.2) is 6.39 Å². The van der Waals surface area contributed by atoms with Crippen LogP contribution in [-0.4, -0.2) is 48.8 Å². The van der Waals surface area contributed by atoms with E-state index < -0.39 is 22.4 Å². The number of ether oxygens (including phenoxy) is 3. The SMILES string of the molecule is COc1nc(-n2cc(S(N)(=O)=O)c3ccc(Cl)c(-c4cocn4)c32)nc(OC)c1OC(F)F. The summed E-state index contributed by atoms with van der Waals surface area (Å²) in [5.74, 6) is -1.53. The normalized spacial score (nSPS) is 11.8. The Bertz CT molecular complexity index is 1420. The van der Waals surface area contributed by atoms with E-state index in [-0.39, 0.29) is 49.8 Å². The molecule has 0 bridgehead atoms. The first-order chi connectivity index (χ1) is 15.7. The van der Waals surface area contributed by atoms with Crippen LogP contribution in [-0.2, 0) is 10.0 Å². The Morgan fingerprint density at radius 2 is 1.85 bits per heavy atom. The van der Waals surface area contributed by atoms with Gasteiger partial charge in [-0.25, -0.2) is 18.5 Å². The highest BCUT2D eigenvalue weighted by atomic mass is 35.5. The molecule has 3 aromatic heterocycles. The van der Waals surface area contributed by atoms with Crippen molar-refractivity contribution in [3.05, 3.63) is 36.0 Å². The number of rotatable bonds is 7. The highest BCUT2D eigenvalue weighted by Gasteiger charge is 2.27. The molecule has 3 heterocycles. The van der Waals surface area contributed by atoms with Gasteiger partial charge in [0.1, 0.15) is 16.9 Å². The average molecular weight is 502 g/mol. The Morgan fingerprint density at radius 1 is 1.18 bits per heavy atom. The third-order valence-electron chi connectivity index (χ3n) is 4.48. The van der Waals surface area contributed by atoms with E-state index in [1.54, 1.807) is 0 Å². The number of methoxy groups -OCH3 is 2. The van der Waals surface area contributed by atoms with Crippen LogP contribution in [0.3, 0.4) is 0 Å². The second kappa shape index (κ2) is 8.46. The van der Waals surface area contributed by atoms with Crippen molar-refractivity contribution >= 4 is 32.5 Å². The van der Waals surface area contributed by atoms with Gasteiger partial charge in [0.2, 0.25) is 21.7 Å². The largest absolute Gasteiger partial charge is 0.478 e. The molecule has 0 aliphatic heterocycles. The second-order valence-corrected chi connectivity index (χ2v) is 8.29. The molecule has 1 aromatic carbocycles. The molecule has 4 rings (SSSR count). The number of oxazole rings is 1. The van der Waals surface area contributed by atoms with Crippen LogP contribution in [0.25, 0.3) is 28.1 Å². The molecule has 4 aromatic rings. The fraction of sp³-hybridized carbons (Fsp3) is 0.167. The number of hydrogen-bond acceptors (Lipinski definition) is 9. The Morgan fingerprint density at radius 3 is 2.36 bits per heavy atom. The first-order valence-corrected chi connectivity index (χ1v) is 10.8. The number of primary sulfonamides is 1. The highest BCUT2D eigenvalue weighted by molar-refractivity contribution is 7.89. The van der Waals surface area contributed by atoms with E-state index in [1.165, 1.54) is 37.2 Å². The van der Waals surface area contributed by atoms with Gasteiger partial charge >= 0.3 is 6.61 Å². The Kier molecular flexibility index (Phi) is 5.82. The van der Waals surface area contributed by atoms with Gasteiger partial charge in [0.25, 0.3) is 11.8 Å². The van der Waals surface area contributed by atoms with Crippen molar-refractivity contribution in [3.8, 4) is 34.7 Å². The van der Waals surface area contributed by atoms with Crippen LogP contribution >= 0.6 is 11.6 Å². The summed E-state index contributed by atoms with van der Waals surface area (Å²) in [6.45, 7) is -3.21. The zero-order valence-corrected chi connectivity index (χ0v) is 18.4. The van der Waals surface area contributed by atoms with Crippen LogP contribution in [0.2, 0.25) is 5.02 Å². The second-order valence-electron chi connectivity index (χ2n) is 6.35. The summed E-state index contributed by atoms with van der Waals surface area (Å²) in [6.07, 6.45) is 3.62. The van der Waals surface area contributed by atoms with Gasteiger partial charge in [0, 0.05) is 17.1 Å². The van der Waals surface area contributed by atoms with E-state index in [4.69, 9.17) is 30.6 Å².